The number of benzene rings is 1. The van der Waals surface area contributed by atoms with Crippen molar-refractivity contribution in [1.82, 2.24) is 0 Å². The SMILES string of the molecule is CCCCCOC(=O)C1C(C)=NC2=C(C(=O)CC(C)(C)C2)[C@H]1c1cccc(F)c1. The Kier molecular flexibility index (Phi) is 6.35. The third kappa shape index (κ3) is 4.65. The number of Topliss-reactive ketones (excluding diaryl/α,β-unsaturated/α-hetero) is 1. The van der Waals surface area contributed by atoms with E-state index in [4.69, 9.17) is 4.74 Å². The fourth-order valence-corrected chi connectivity index (χ4v) is 4.43. The average Bonchev–Trinajstić information content (AvgIpc) is 2.63. The molecule has 0 saturated heterocycles. The van der Waals surface area contributed by atoms with Crippen LogP contribution in [0, 0.1) is 17.2 Å². The van der Waals surface area contributed by atoms with Crippen LogP contribution in [0.3, 0.4) is 0 Å². The minimum atomic E-state index is -0.706. The van der Waals surface area contributed by atoms with Crippen LogP contribution in [0.1, 0.15) is 71.3 Å². The Morgan fingerprint density at radius 2 is 2.03 bits per heavy atom. The largest absolute Gasteiger partial charge is 0.465 e. The van der Waals surface area contributed by atoms with E-state index in [1.165, 1.54) is 12.1 Å². The summed E-state index contributed by atoms with van der Waals surface area (Å²) in [6.45, 7) is 8.33. The summed E-state index contributed by atoms with van der Waals surface area (Å²) in [5, 5.41) is 0. The zero-order valence-electron chi connectivity index (χ0n) is 17.8. The molecule has 4 nitrogen and oxygen atoms in total. The number of hydrogen-bond donors (Lipinski definition) is 0. The van der Waals surface area contributed by atoms with Gasteiger partial charge in [0.1, 0.15) is 11.7 Å². The molecule has 29 heavy (non-hydrogen) atoms. The standard InChI is InChI=1S/C24H30FNO3/c1-5-6-7-11-29-23(28)20-15(2)26-18-13-24(3,4)14-19(27)22(18)21(20)16-9-8-10-17(25)12-16/h8-10,12,20-21H,5-7,11,13-14H2,1-4H3/t20?,21-/m0/s1. The van der Waals surface area contributed by atoms with Gasteiger partial charge in [-0.1, -0.05) is 45.7 Å². The Hall–Kier alpha value is -2.30. The smallest absolute Gasteiger partial charge is 0.315 e. The van der Waals surface area contributed by atoms with Crippen LogP contribution in [-0.2, 0) is 14.3 Å². The van der Waals surface area contributed by atoms with Gasteiger partial charge in [0.25, 0.3) is 0 Å². The predicted octanol–water partition coefficient (Wildman–Crippen LogP) is 5.38. The molecule has 0 saturated carbocycles. The van der Waals surface area contributed by atoms with Crippen molar-refractivity contribution >= 4 is 17.5 Å². The zero-order valence-corrected chi connectivity index (χ0v) is 17.8. The molecule has 5 heteroatoms. The Balaban J connectivity index is 2.02. The van der Waals surface area contributed by atoms with E-state index in [2.05, 4.69) is 11.9 Å². The van der Waals surface area contributed by atoms with Crippen molar-refractivity contribution < 1.29 is 18.7 Å². The molecule has 1 aliphatic heterocycles. The fraction of sp³-hybridized carbons (Fsp3) is 0.542. The van der Waals surface area contributed by atoms with Gasteiger partial charge in [0, 0.05) is 29.3 Å². The summed E-state index contributed by atoms with van der Waals surface area (Å²) in [6, 6.07) is 6.18. The highest BCUT2D eigenvalue weighted by atomic mass is 19.1. The van der Waals surface area contributed by atoms with Crippen LogP contribution >= 0.6 is 0 Å². The molecule has 2 atom stereocenters. The topological polar surface area (TPSA) is 55.7 Å². The van der Waals surface area contributed by atoms with Gasteiger partial charge in [0.05, 0.1) is 6.61 Å². The molecule has 3 rings (SSSR count). The van der Waals surface area contributed by atoms with Gasteiger partial charge in [-0.3, -0.25) is 14.6 Å². The van der Waals surface area contributed by atoms with E-state index < -0.39 is 11.8 Å². The van der Waals surface area contributed by atoms with Gasteiger partial charge in [0.2, 0.25) is 0 Å². The number of ether oxygens (including phenoxy) is 1. The van der Waals surface area contributed by atoms with E-state index >= 15 is 0 Å². The average molecular weight is 400 g/mol. The lowest BCUT2D eigenvalue weighted by Crippen LogP contribution is -2.39. The maximum atomic E-state index is 14.0. The summed E-state index contributed by atoms with van der Waals surface area (Å²) in [7, 11) is 0. The minimum absolute atomic E-state index is 0.00876. The number of carbonyl (C=O) groups is 2. The maximum Gasteiger partial charge on any atom is 0.315 e. The van der Waals surface area contributed by atoms with Gasteiger partial charge in [0.15, 0.2) is 5.78 Å². The van der Waals surface area contributed by atoms with Crippen molar-refractivity contribution in [3.63, 3.8) is 0 Å². The third-order valence-corrected chi connectivity index (χ3v) is 5.76. The molecule has 0 spiro atoms. The number of unbranched alkanes of at least 4 members (excludes halogenated alkanes) is 2. The molecule has 0 aromatic heterocycles. The second-order valence-corrected chi connectivity index (χ2v) is 8.94. The molecule has 1 aromatic rings. The second kappa shape index (κ2) is 8.60. The number of allylic oxidation sites excluding steroid dienone is 2. The molecule has 2 aliphatic rings. The van der Waals surface area contributed by atoms with E-state index in [1.54, 1.807) is 19.1 Å². The summed E-state index contributed by atoms with van der Waals surface area (Å²) in [5.41, 5.74) is 2.35. The van der Waals surface area contributed by atoms with Crippen molar-refractivity contribution in [1.29, 1.82) is 0 Å². The number of nitrogens with zero attached hydrogens (tertiary/aromatic N) is 1. The van der Waals surface area contributed by atoms with Gasteiger partial charge < -0.3 is 4.74 Å². The van der Waals surface area contributed by atoms with Crippen molar-refractivity contribution in [3.05, 3.63) is 46.9 Å². The normalized spacial score (nSPS) is 23.5. The van der Waals surface area contributed by atoms with Crippen molar-refractivity contribution in [3.8, 4) is 0 Å². The van der Waals surface area contributed by atoms with E-state index in [1.807, 2.05) is 13.8 Å². The molecular weight excluding hydrogens is 369 g/mol. The van der Waals surface area contributed by atoms with Crippen LogP contribution in [-0.4, -0.2) is 24.1 Å². The van der Waals surface area contributed by atoms with Gasteiger partial charge in [-0.05, 0) is 42.9 Å². The summed E-state index contributed by atoms with van der Waals surface area (Å²) in [6.07, 6.45) is 3.88. The second-order valence-electron chi connectivity index (χ2n) is 8.94. The molecule has 0 N–H and O–H groups in total. The van der Waals surface area contributed by atoms with Crippen LogP contribution in [0.2, 0.25) is 0 Å². The molecule has 1 heterocycles. The van der Waals surface area contributed by atoms with E-state index in [-0.39, 0.29) is 23.0 Å². The predicted molar refractivity (Wildman–Crippen MR) is 111 cm³/mol. The van der Waals surface area contributed by atoms with Crippen molar-refractivity contribution in [2.75, 3.05) is 6.61 Å². The van der Waals surface area contributed by atoms with Crippen LogP contribution in [0.4, 0.5) is 4.39 Å². The number of hydrogen-bond acceptors (Lipinski definition) is 4. The first-order chi connectivity index (χ1) is 13.7. The molecule has 0 fully saturated rings. The van der Waals surface area contributed by atoms with Crippen LogP contribution in [0.5, 0.6) is 0 Å². The first kappa shape index (κ1) is 21.4. The lowest BCUT2D eigenvalue weighted by atomic mass is 9.67. The third-order valence-electron chi connectivity index (χ3n) is 5.76. The van der Waals surface area contributed by atoms with Crippen LogP contribution in [0.15, 0.2) is 40.5 Å². The summed E-state index contributed by atoms with van der Waals surface area (Å²) in [4.78, 5) is 30.8. The van der Waals surface area contributed by atoms with E-state index in [0.29, 0.717) is 36.3 Å². The van der Waals surface area contributed by atoms with Gasteiger partial charge in [-0.25, -0.2) is 4.39 Å². The highest BCUT2D eigenvalue weighted by Gasteiger charge is 2.46. The summed E-state index contributed by atoms with van der Waals surface area (Å²) < 4.78 is 19.6. The van der Waals surface area contributed by atoms with Gasteiger partial charge in [-0.2, -0.15) is 0 Å². The highest BCUT2D eigenvalue weighted by Crippen LogP contribution is 2.47. The first-order valence-corrected chi connectivity index (χ1v) is 10.5. The van der Waals surface area contributed by atoms with Crippen LogP contribution < -0.4 is 0 Å². The molecule has 1 aromatic carbocycles. The molecule has 0 amide bonds. The minimum Gasteiger partial charge on any atom is -0.465 e. The maximum absolute atomic E-state index is 14.0. The number of carbonyl (C=O) groups excluding carboxylic acids is 2. The summed E-state index contributed by atoms with van der Waals surface area (Å²) >= 11 is 0. The first-order valence-electron chi connectivity index (χ1n) is 10.5. The van der Waals surface area contributed by atoms with Crippen molar-refractivity contribution in [2.45, 2.75) is 65.7 Å². The molecule has 1 aliphatic carbocycles. The van der Waals surface area contributed by atoms with Gasteiger partial charge >= 0.3 is 5.97 Å². The monoisotopic (exact) mass is 399 g/mol. The molecule has 1 unspecified atom stereocenters. The van der Waals surface area contributed by atoms with E-state index in [0.717, 1.165) is 25.0 Å². The van der Waals surface area contributed by atoms with E-state index in [9.17, 15) is 14.0 Å². The molecular formula is C24H30FNO3. The molecule has 0 radical (unpaired) electrons. The van der Waals surface area contributed by atoms with Gasteiger partial charge in [-0.15, -0.1) is 0 Å². The summed E-state index contributed by atoms with van der Waals surface area (Å²) in [5.74, 6) is -2.04. The Labute approximate surface area is 172 Å². The zero-order chi connectivity index (χ0) is 21.2. The number of esters is 1. The Morgan fingerprint density at radius 3 is 2.72 bits per heavy atom. The Bertz CT molecular complexity index is 869. The Morgan fingerprint density at radius 1 is 1.28 bits per heavy atom. The van der Waals surface area contributed by atoms with Crippen LogP contribution in [0.25, 0.3) is 0 Å². The lowest BCUT2D eigenvalue weighted by molar-refractivity contribution is -0.146. The quantitative estimate of drug-likeness (QED) is 0.477. The molecule has 156 valence electrons. The number of aliphatic imine (C=N–C) groups is 1. The number of rotatable bonds is 6. The lowest BCUT2D eigenvalue weighted by Gasteiger charge is -2.39. The highest BCUT2D eigenvalue weighted by molar-refractivity contribution is 6.09. The van der Waals surface area contributed by atoms with Crippen molar-refractivity contribution in [2.24, 2.45) is 16.3 Å². The number of halogens is 1. The molecule has 0 bridgehead atoms. The number of ketones is 1. The fourth-order valence-electron chi connectivity index (χ4n) is 4.43.